The molecule has 1 rings (SSSR count). The second kappa shape index (κ2) is 4.89. The Balaban J connectivity index is 2.96. The van der Waals surface area contributed by atoms with E-state index in [0.717, 1.165) is 5.56 Å². The fraction of sp³-hybridized carbons (Fsp3) is 0.500. The van der Waals surface area contributed by atoms with E-state index in [-0.39, 0.29) is 11.0 Å². The van der Waals surface area contributed by atoms with Crippen LogP contribution in [0.3, 0.4) is 0 Å². The van der Waals surface area contributed by atoms with E-state index in [2.05, 4.69) is 45.0 Å². The predicted molar refractivity (Wildman–Crippen MR) is 76.9 cm³/mol. The first-order valence-electron chi connectivity index (χ1n) is 5.29. The quantitative estimate of drug-likeness (QED) is 0.514. The molecule has 0 aliphatic carbocycles. The lowest BCUT2D eigenvalue weighted by molar-refractivity contribution is 0.590. The van der Waals surface area contributed by atoms with Crippen molar-refractivity contribution in [2.24, 2.45) is 0 Å². The molecule has 0 radical (unpaired) electrons. The molecule has 0 N–H and O–H groups in total. The van der Waals surface area contributed by atoms with E-state index >= 15 is 0 Å². The number of halogens is 3. The van der Waals surface area contributed by atoms with Gasteiger partial charge in [0.25, 0.3) is 0 Å². The maximum absolute atomic E-state index is 6.02. The van der Waals surface area contributed by atoms with Crippen LogP contribution in [-0.4, -0.2) is 6.00 Å². The molecule has 0 nitrogen and oxygen atoms in total. The van der Waals surface area contributed by atoms with E-state index in [9.17, 15) is 0 Å². The molecule has 4 heteroatoms. The van der Waals surface area contributed by atoms with E-state index in [1.807, 2.05) is 6.92 Å². The van der Waals surface area contributed by atoms with E-state index < -0.39 is 6.00 Å². The summed E-state index contributed by atoms with van der Waals surface area (Å²) in [5, 5.41) is 0. The predicted octanol–water partition coefficient (Wildman–Crippen LogP) is 5.28. The van der Waals surface area contributed by atoms with Gasteiger partial charge < -0.3 is 0 Å². The van der Waals surface area contributed by atoms with Gasteiger partial charge in [-0.3, -0.25) is 0 Å². The summed E-state index contributed by atoms with van der Waals surface area (Å²) >= 11 is 18.1. The Hall–Kier alpha value is 0.307. The topological polar surface area (TPSA) is 0 Å². The molecule has 0 aliphatic rings. The van der Waals surface area contributed by atoms with Crippen LogP contribution in [-0.2, 0) is 5.41 Å². The monoisotopic (exact) mass is 294 g/mol. The third kappa shape index (κ3) is 3.66. The highest BCUT2D eigenvalue weighted by Crippen LogP contribution is 2.36. The molecular formula is C12H17Cl3Si. The molecule has 0 spiro atoms. The molecule has 0 fully saturated rings. The average Bonchev–Trinajstić information content (AvgIpc) is 2.14. The summed E-state index contributed by atoms with van der Waals surface area (Å²) in [6, 6.07) is 5.73. The molecule has 1 unspecified atom stereocenters. The van der Waals surface area contributed by atoms with Crippen LogP contribution in [0.1, 0.15) is 44.4 Å². The smallest absolute Gasteiger partial charge is 0.125 e. The van der Waals surface area contributed by atoms with Crippen molar-refractivity contribution in [3.05, 3.63) is 35.4 Å². The van der Waals surface area contributed by atoms with E-state index in [1.54, 1.807) is 0 Å². The van der Waals surface area contributed by atoms with E-state index in [4.69, 9.17) is 33.2 Å². The molecular weight excluding hydrogens is 279 g/mol. The standard InChI is InChI=1S/C12H17Cl3Si/c1-9(16(13,14)15)10-5-7-11(8-6-10)12(2,3)4/h5-9H,1-4H3. The number of rotatable bonds is 2. The molecule has 16 heavy (non-hydrogen) atoms. The minimum Gasteiger partial charge on any atom is -0.125 e. The van der Waals surface area contributed by atoms with Gasteiger partial charge in [-0.15, -0.1) is 33.2 Å². The summed E-state index contributed by atoms with van der Waals surface area (Å²) in [6.07, 6.45) is 0. The van der Waals surface area contributed by atoms with Crippen molar-refractivity contribution in [1.82, 2.24) is 0 Å². The molecule has 0 saturated heterocycles. The van der Waals surface area contributed by atoms with Crippen molar-refractivity contribution in [2.45, 2.75) is 38.7 Å². The van der Waals surface area contributed by atoms with Gasteiger partial charge >= 0.3 is 6.00 Å². The Kier molecular flexibility index (Phi) is 4.39. The molecule has 1 aromatic rings. The van der Waals surface area contributed by atoms with Gasteiger partial charge in [0, 0.05) is 5.54 Å². The average molecular weight is 296 g/mol. The van der Waals surface area contributed by atoms with Crippen molar-refractivity contribution in [3.63, 3.8) is 0 Å². The third-order valence-corrected chi connectivity index (χ3v) is 7.03. The number of hydrogen-bond acceptors (Lipinski definition) is 0. The lowest BCUT2D eigenvalue weighted by Gasteiger charge is -2.22. The molecule has 0 amide bonds. The molecule has 0 aromatic heterocycles. The second-order valence-corrected chi connectivity index (χ2v) is 14.2. The van der Waals surface area contributed by atoms with Crippen LogP contribution in [0, 0.1) is 0 Å². The van der Waals surface area contributed by atoms with Gasteiger partial charge in [0.15, 0.2) is 0 Å². The fourth-order valence-corrected chi connectivity index (χ4v) is 3.17. The second-order valence-electron chi connectivity index (χ2n) is 5.14. The van der Waals surface area contributed by atoms with Crippen LogP contribution in [0.5, 0.6) is 0 Å². The van der Waals surface area contributed by atoms with Crippen molar-refractivity contribution in [3.8, 4) is 0 Å². The van der Waals surface area contributed by atoms with Gasteiger partial charge in [-0.05, 0) is 16.5 Å². The maximum atomic E-state index is 6.02. The number of hydrogen-bond donors (Lipinski definition) is 0. The van der Waals surface area contributed by atoms with Gasteiger partial charge in [-0.25, -0.2) is 0 Å². The molecule has 0 saturated carbocycles. The van der Waals surface area contributed by atoms with Gasteiger partial charge in [-0.2, -0.15) is 0 Å². The lowest BCUT2D eigenvalue weighted by Crippen LogP contribution is -2.20. The first kappa shape index (κ1) is 14.4. The highest BCUT2D eigenvalue weighted by atomic mass is 35.8. The fourth-order valence-electron chi connectivity index (χ4n) is 1.46. The van der Waals surface area contributed by atoms with Crippen molar-refractivity contribution < 1.29 is 0 Å². The first-order valence-corrected chi connectivity index (χ1v) is 10.4. The lowest BCUT2D eigenvalue weighted by atomic mass is 9.86. The Morgan fingerprint density at radius 3 is 1.75 bits per heavy atom. The molecule has 0 aliphatic heterocycles. The van der Waals surface area contributed by atoms with Gasteiger partial charge in [-0.1, -0.05) is 52.0 Å². The zero-order valence-corrected chi connectivity index (χ0v) is 13.3. The molecule has 0 bridgehead atoms. The first-order chi connectivity index (χ1) is 7.12. The summed E-state index contributed by atoms with van der Waals surface area (Å²) in [5.41, 5.74) is 2.61. The van der Waals surface area contributed by atoms with Crippen molar-refractivity contribution in [2.75, 3.05) is 0 Å². The van der Waals surface area contributed by atoms with Crippen LogP contribution in [0.2, 0.25) is 0 Å². The van der Waals surface area contributed by atoms with Crippen LogP contribution in [0.4, 0.5) is 0 Å². The van der Waals surface area contributed by atoms with Crippen LogP contribution in [0.15, 0.2) is 24.3 Å². The summed E-state index contributed by atoms with van der Waals surface area (Å²) in [5.74, 6) is 0. The SMILES string of the molecule is CC(c1ccc(C(C)(C)C)cc1)[Si](Cl)(Cl)Cl. The van der Waals surface area contributed by atoms with Crippen LogP contribution in [0.25, 0.3) is 0 Å². The minimum atomic E-state index is -2.65. The third-order valence-electron chi connectivity index (χ3n) is 2.77. The maximum Gasteiger partial charge on any atom is 0.348 e. The summed E-state index contributed by atoms with van der Waals surface area (Å²) < 4.78 is 0. The van der Waals surface area contributed by atoms with E-state index in [0.29, 0.717) is 0 Å². The van der Waals surface area contributed by atoms with E-state index in [1.165, 1.54) is 5.56 Å². The Morgan fingerprint density at radius 2 is 1.44 bits per heavy atom. The molecule has 1 atom stereocenters. The zero-order valence-electron chi connectivity index (χ0n) is 10.0. The minimum absolute atomic E-state index is 0.0338. The van der Waals surface area contributed by atoms with Crippen molar-refractivity contribution in [1.29, 1.82) is 0 Å². The molecule has 0 heterocycles. The number of benzene rings is 1. The summed E-state index contributed by atoms with van der Waals surface area (Å²) in [4.78, 5) is 0. The largest absolute Gasteiger partial charge is 0.348 e. The molecule has 90 valence electrons. The Bertz CT molecular complexity index is 346. The van der Waals surface area contributed by atoms with Gasteiger partial charge in [0.2, 0.25) is 0 Å². The normalized spacial score (nSPS) is 14.9. The van der Waals surface area contributed by atoms with Gasteiger partial charge in [0.1, 0.15) is 0 Å². The zero-order chi connectivity index (χ0) is 12.6. The highest BCUT2D eigenvalue weighted by molar-refractivity contribution is 7.65. The van der Waals surface area contributed by atoms with Crippen molar-refractivity contribution >= 4 is 39.2 Å². The molecule has 1 aromatic carbocycles. The summed E-state index contributed by atoms with van der Waals surface area (Å²) in [7, 11) is 0. The Morgan fingerprint density at radius 1 is 1.00 bits per heavy atom. The Labute approximate surface area is 113 Å². The van der Waals surface area contributed by atoms with Crippen LogP contribution >= 0.6 is 33.2 Å². The summed E-state index contributed by atoms with van der Waals surface area (Å²) in [6.45, 7) is 8.55. The van der Waals surface area contributed by atoms with Gasteiger partial charge in [0.05, 0.1) is 0 Å². The van der Waals surface area contributed by atoms with Crippen LogP contribution < -0.4 is 0 Å². The highest BCUT2D eigenvalue weighted by Gasteiger charge is 2.34.